The highest BCUT2D eigenvalue weighted by molar-refractivity contribution is 7.98. The summed E-state index contributed by atoms with van der Waals surface area (Å²) in [7, 11) is 1.57. The number of carbonyl (C=O) groups is 2. The Labute approximate surface area is 155 Å². The summed E-state index contributed by atoms with van der Waals surface area (Å²) in [6.45, 7) is -0.0734. The molecule has 0 spiro atoms. The van der Waals surface area contributed by atoms with E-state index in [1.165, 1.54) is 11.1 Å². The summed E-state index contributed by atoms with van der Waals surface area (Å²) < 4.78 is 0. The summed E-state index contributed by atoms with van der Waals surface area (Å²) in [5, 5.41) is 2.84. The number of carbonyl (C=O) groups excluding carboxylic acids is 2. The van der Waals surface area contributed by atoms with Crippen LogP contribution in [0.1, 0.15) is 10.5 Å². The van der Waals surface area contributed by atoms with Crippen LogP contribution in [0.3, 0.4) is 0 Å². The van der Waals surface area contributed by atoms with Crippen molar-refractivity contribution < 1.29 is 9.59 Å². The smallest absolute Gasteiger partial charge is 0.274 e. The quantitative estimate of drug-likeness (QED) is 0.703. The highest BCUT2D eigenvalue weighted by Gasteiger charge is 2.17. The molecule has 1 aromatic heterocycles. The molecule has 132 valence electrons. The van der Waals surface area contributed by atoms with Crippen LogP contribution in [0.5, 0.6) is 0 Å². The fourth-order valence-electron chi connectivity index (χ4n) is 2.48. The predicted octanol–water partition coefficient (Wildman–Crippen LogP) is 3.06. The Kier molecular flexibility index (Phi) is 5.48. The van der Waals surface area contributed by atoms with Gasteiger partial charge in [0, 0.05) is 11.9 Å². The molecule has 26 heavy (non-hydrogen) atoms. The second-order valence-electron chi connectivity index (χ2n) is 5.65. The first-order chi connectivity index (χ1) is 12.6. The van der Waals surface area contributed by atoms with Crippen molar-refractivity contribution in [2.75, 3.05) is 25.2 Å². The lowest BCUT2D eigenvalue weighted by Crippen LogP contribution is -2.35. The van der Waals surface area contributed by atoms with E-state index >= 15 is 0 Å². The van der Waals surface area contributed by atoms with E-state index < -0.39 is 0 Å². The van der Waals surface area contributed by atoms with Crippen LogP contribution in [0.4, 0.5) is 5.69 Å². The molecular formula is C19H18N4O2S. The number of hydrogen-bond donors (Lipinski definition) is 1. The number of aromatic nitrogens is 2. The van der Waals surface area contributed by atoms with Gasteiger partial charge in [-0.25, -0.2) is 4.98 Å². The van der Waals surface area contributed by atoms with Crippen molar-refractivity contribution in [2.45, 2.75) is 4.90 Å². The molecule has 0 aliphatic rings. The van der Waals surface area contributed by atoms with Crippen LogP contribution >= 0.6 is 11.8 Å². The standard InChI is InChI=1S/C19H18N4O2S/c1-23(12-18(24)22-15-9-5-6-10-17(15)26-2)19(25)16-11-20-13-7-3-4-8-14(13)21-16/h3-11H,12H2,1-2H3,(H,22,24). The highest BCUT2D eigenvalue weighted by atomic mass is 32.2. The van der Waals surface area contributed by atoms with Crippen molar-refractivity contribution in [1.82, 2.24) is 14.9 Å². The summed E-state index contributed by atoms with van der Waals surface area (Å²) in [4.78, 5) is 35.7. The topological polar surface area (TPSA) is 75.2 Å². The van der Waals surface area contributed by atoms with Crippen molar-refractivity contribution in [3.63, 3.8) is 0 Å². The molecule has 0 unspecified atom stereocenters. The van der Waals surface area contributed by atoms with Crippen LogP contribution in [-0.2, 0) is 4.79 Å². The molecule has 7 heteroatoms. The number of nitrogens with one attached hydrogen (secondary N) is 1. The molecule has 2 aromatic carbocycles. The Morgan fingerprint density at radius 3 is 2.54 bits per heavy atom. The Morgan fingerprint density at radius 1 is 1.08 bits per heavy atom. The minimum atomic E-state index is -0.350. The van der Waals surface area contributed by atoms with Gasteiger partial charge >= 0.3 is 0 Å². The van der Waals surface area contributed by atoms with Gasteiger partial charge in [0.05, 0.1) is 29.5 Å². The summed E-state index contributed by atoms with van der Waals surface area (Å²) >= 11 is 1.55. The Morgan fingerprint density at radius 2 is 1.77 bits per heavy atom. The number of hydrogen-bond acceptors (Lipinski definition) is 5. The monoisotopic (exact) mass is 366 g/mol. The second-order valence-corrected chi connectivity index (χ2v) is 6.50. The molecule has 0 saturated carbocycles. The van der Waals surface area contributed by atoms with E-state index in [0.29, 0.717) is 5.52 Å². The van der Waals surface area contributed by atoms with Gasteiger partial charge in [-0.1, -0.05) is 24.3 Å². The summed E-state index contributed by atoms with van der Waals surface area (Å²) in [5.41, 5.74) is 2.31. The molecule has 0 aliphatic carbocycles. The van der Waals surface area contributed by atoms with Crippen molar-refractivity contribution >= 4 is 40.3 Å². The summed E-state index contributed by atoms with van der Waals surface area (Å²) in [6, 6.07) is 14.9. The molecule has 0 radical (unpaired) electrons. The van der Waals surface area contributed by atoms with Crippen molar-refractivity contribution in [2.24, 2.45) is 0 Å². The predicted molar refractivity (Wildman–Crippen MR) is 103 cm³/mol. The zero-order valence-corrected chi connectivity index (χ0v) is 15.3. The summed E-state index contributed by atoms with van der Waals surface area (Å²) in [5.74, 6) is -0.618. The van der Waals surface area contributed by atoms with E-state index in [1.807, 2.05) is 48.7 Å². The van der Waals surface area contributed by atoms with Crippen molar-refractivity contribution in [3.8, 4) is 0 Å². The van der Waals surface area contributed by atoms with E-state index in [4.69, 9.17) is 0 Å². The van der Waals surface area contributed by atoms with Crippen molar-refractivity contribution in [1.29, 1.82) is 0 Å². The van der Waals surface area contributed by atoms with Gasteiger partial charge in [-0.05, 0) is 30.5 Å². The van der Waals surface area contributed by atoms with Gasteiger partial charge < -0.3 is 10.2 Å². The van der Waals surface area contributed by atoms with Gasteiger partial charge in [0.1, 0.15) is 5.69 Å². The zero-order valence-electron chi connectivity index (χ0n) is 14.5. The van der Waals surface area contributed by atoms with Crippen LogP contribution in [0.2, 0.25) is 0 Å². The van der Waals surface area contributed by atoms with E-state index in [9.17, 15) is 9.59 Å². The molecule has 2 amide bonds. The minimum absolute atomic E-state index is 0.0734. The Hall–Kier alpha value is -2.93. The van der Waals surface area contributed by atoms with Gasteiger partial charge in [0.25, 0.3) is 5.91 Å². The molecule has 0 atom stereocenters. The molecule has 1 heterocycles. The fourth-order valence-corrected chi connectivity index (χ4v) is 3.03. The average Bonchev–Trinajstić information content (AvgIpc) is 2.67. The molecule has 0 aliphatic heterocycles. The lowest BCUT2D eigenvalue weighted by molar-refractivity contribution is -0.116. The number of para-hydroxylation sites is 3. The molecule has 0 saturated heterocycles. The number of fused-ring (bicyclic) bond motifs is 1. The first-order valence-electron chi connectivity index (χ1n) is 7.98. The van der Waals surface area contributed by atoms with Crippen LogP contribution < -0.4 is 5.32 Å². The maximum absolute atomic E-state index is 12.5. The van der Waals surface area contributed by atoms with Gasteiger partial charge in [0.2, 0.25) is 5.91 Å². The van der Waals surface area contributed by atoms with Crippen LogP contribution in [0, 0.1) is 0 Å². The van der Waals surface area contributed by atoms with Crippen LogP contribution in [0.15, 0.2) is 59.6 Å². The van der Waals surface area contributed by atoms with Crippen LogP contribution in [-0.4, -0.2) is 46.5 Å². The average molecular weight is 366 g/mol. The number of benzene rings is 2. The van der Waals surface area contributed by atoms with Gasteiger partial charge in [-0.3, -0.25) is 14.6 Å². The van der Waals surface area contributed by atoms with E-state index in [2.05, 4.69) is 15.3 Å². The summed E-state index contributed by atoms with van der Waals surface area (Å²) in [6.07, 6.45) is 3.38. The Balaban J connectivity index is 1.69. The van der Waals surface area contributed by atoms with Crippen molar-refractivity contribution in [3.05, 3.63) is 60.4 Å². The Bertz CT molecular complexity index is 961. The maximum Gasteiger partial charge on any atom is 0.274 e. The lowest BCUT2D eigenvalue weighted by Gasteiger charge is -2.17. The molecule has 6 nitrogen and oxygen atoms in total. The maximum atomic E-state index is 12.5. The number of thioether (sulfide) groups is 1. The van der Waals surface area contributed by atoms with Gasteiger partial charge in [0.15, 0.2) is 0 Å². The first kappa shape index (κ1) is 17.9. The second kappa shape index (κ2) is 7.97. The number of amides is 2. The third kappa shape index (κ3) is 4.00. The minimum Gasteiger partial charge on any atom is -0.331 e. The normalized spacial score (nSPS) is 10.5. The fraction of sp³-hybridized carbons (Fsp3) is 0.158. The lowest BCUT2D eigenvalue weighted by atomic mass is 10.3. The third-order valence-electron chi connectivity index (χ3n) is 3.78. The molecule has 0 fully saturated rings. The number of anilines is 1. The van der Waals surface area contributed by atoms with Gasteiger partial charge in [-0.15, -0.1) is 11.8 Å². The molecule has 3 rings (SSSR count). The van der Waals surface area contributed by atoms with Crippen LogP contribution in [0.25, 0.3) is 11.0 Å². The van der Waals surface area contributed by atoms with E-state index in [0.717, 1.165) is 16.1 Å². The van der Waals surface area contributed by atoms with Gasteiger partial charge in [-0.2, -0.15) is 0 Å². The third-order valence-corrected chi connectivity index (χ3v) is 4.57. The molecule has 0 bridgehead atoms. The first-order valence-corrected chi connectivity index (χ1v) is 9.21. The van der Waals surface area contributed by atoms with E-state index in [-0.39, 0.29) is 24.1 Å². The largest absolute Gasteiger partial charge is 0.331 e. The molecule has 3 aromatic rings. The number of rotatable bonds is 5. The number of likely N-dealkylation sites (N-methyl/N-ethyl adjacent to an activating group) is 1. The SMILES string of the molecule is CSc1ccccc1NC(=O)CN(C)C(=O)c1cnc2ccccc2n1. The molecule has 1 N–H and O–H groups in total. The molecular weight excluding hydrogens is 348 g/mol. The highest BCUT2D eigenvalue weighted by Crippen LogP contribution is 2.24. The zero-order chi connectivity index (χ0) is 18.5. The van der Waals surface area contributed by atoms with E-state index in [1.54, 1.807) is 24.9 Å². The number of nitrogens with zero attached hydrogens (tertiary/aromatic N) is 3.